The van der Waals surface area contributed by atoms with E-state index in [0.717, 1.165) is 27.6 Å². The van der Waals surface area contributed by atoms with Gasteiger partial charge in [-0.25, -0.2) is 0 Å². The molecule has 10 nitrogen and oxygen atoms in total. The molecular formula is C43H49N3O7Si. The van der Waals surface area contributed by atoms with Crippen molar-refractivity contribution >= 4 is 42.4 Å². The molecule has 282 valence electrons. The van der Waals surface area contributed by atoms with E-state index in [-0.39, 0.29) is 42.3 Å². The second kappa shape index (κ2) is 14.8. The standard InChI is InChI=1S/C43H49N3O7Si/c1-27-40(54(4,5)35-18-16-34(52-3)17-19-35)38(23-39(49)45-25-31-14-10-9-13-30(31)21-33(45)26-47)53-43(27)36-22-32(44-41(50)28(2)48)15-20-37(36)46(42(43)51)24-29-11-7-6-8-12-29/h6-20,22,27-28,33,38,40,47-48H,21,23-26H2,1-5H3,(H,44,50)/t27-,28-,33-,38+,40-,43+/m0/s1. The Labute approximate surface area is 317 Å². The Kier molecular flexibility index (Phi) is 10.3. The van der Waals surface area contributed by atoms with E-state index in [9.17, 15) is 19.8 Å². The van der Waals surface area contributed by atoms with Crippen molar-refractivity contribution in [2.75, 3.05) is 23.9 Å². The van der Waals surface area contributed by atoms with Gasteiger partial charge in [0, 0.05) is 23.7 Å². The van der Waals surface area contributed by atoms with Crippen LogP contribution in [0.1, 0.15) is 42.5 Å². The second-order valence-electron chi connectivity index (χ2n) is 15.5. The average Bonchev–Trinajstić information content (AvgIpc) is 3.60. The molecule has 3 aliphatic rings. The maximum atomic E-state index is 15.2. The lowest BCUT2D eigenvalue weighted by Gasteiger charge is -2.39. The van der Waals surface area contributed by atoms with Crippen molar-refractivity contribution in [3.05, 3.63) is 119 Å². The van der Waals surface area contributed by atoms with E-state index in [1.54, 1.807) is 29.0 Å². The third kappa shape index (κ3) is 6.53. The highest BCUT2D eigenvalue weighted by Gasteiger charge is 2.66. The van der Waals surface area contributed by atoms with Gasteiger partial charge in [0.15, 0.2) is 5.60 Å². The Morgan fingerprint density at radius 3 is 2.35 bits per heavy atom. The number of amides is 3. The van der Waals surface area contributed by atoms with Gasteiger partial charge in [-0.2, -0.15) is 0 Å². The number of aliphatic hydroxyl groups excluding tert-OH is 2. The normalized spacial score (nSPS) is 23.9. The molecule has 0 radical (unpaired) electrons. The van der Waals surface area contributed by atoms with Crippen LogP contribution in [-0.2, 0) is 44.2 Å². The van der Waals surface area contributed by atoms with E-state index >= 15 is 4.79 Å². The van der Waals surface area contributed by atoms with Crippen molar-refractivity contribution in [2.45, 2.75) is 82.3 Å². The minimum absolute atomic E-state index is 0.0295. The smallest absolute Gasteiger partial charge is 0.264 e. The fourth-order valence-corrected chi connectivity index (χ4v) is 13.1. The lowest BCUT2D eigenvalue weighted by atomic mass is 9.82. The maximum absolute atomic E-state index is 15.2. The van der Waals surface area contributed by atoms with Crippen LogP contribution in [0.15, 0.2) is 97.1 Å². The summed E-state index contributed by atoms with van der Waals surface area (Å²) in [5.41, 5.74) is 3.19. The molecule has 54 heavy (non-hydrogen) atoms. The van der Waals surface area contributed by atoms with Crippen LogP contribution in [0.25, 0.3) is 0 Å². The van der Waals surface area contributed by atoms with Gasteiger partial charge in [0.05, 0.1) is 52.6 Å². The second-order valence-corrected chi connectivity index (χ2v) is 20.2. The van der Waals surface area contributed by atoms with E-state index in [2.05, 4.69) is 37.5 Å². The molecule has 1 fully saturated rings. The Balaban J connectivity index is 1.33. The summed E-state index contributed by atoms with van der Waals surface area (Å²) in [6.45, 7) is 8.53. The van der Waals surface area contributed by atoms with Gasteiger partial charge in [0.2, 0.25) is 5.91 Å². The van der Waals surface area contributed by atoms with Crippen LogP contribution in [0.2, 0.25) is 18.6 Å². The Morgan fingerprint density at radius 2 is 1.69 bits per heavy atom. The van der Waals surface area contributed by atoms with E-state index in [0.29, 0.717) is 36.4 Å². The van der Waals surface area contributed by atoms with Crippen LogP contribution in [0.3, 0.4) is 0 Å². The summed E-state index contributed by atoms with van der Waals surface area (Å²) in [5, 5.41) is 24.4. The number of nitrogens with zero attached hydrogens (tertiary/aromatic N) is 2. The molecule has 6 atom stereocenters. The largest absolute Gasteiger partial charge is 0.497 e. The van der Waals surface area contributed by atoms with Crippen LogP contribution in [0, 0.1) is 5.92 Å². The lowest BCUT2D eigenvalue weighted by Crippen LogP contribution is -2.52. The van der Waals surface area contributed by atoms with Gasteiger partial charge in [0.1, 0.15) is 11.9 Å². The first-order chi connectivity index (χ1) is 25.9. The van der Waals surface area contributed by atoms with Crippen molar-refractivity contribution in [1.82, 2.24) is 4.90 Å². The number of anilines is 2. The number of rotatable bonds is 10. The van der Waals surface area contributed by atoms with Crippen molar-refractivity contribution in [1.29, 1.82) is 0 Å². The van der Waals surface area contributed by atoms with Crippen LogP contribution < -0.4 is 20.1 Å². The fraction of sp³-hybridized carbons (Fsp3) is 0.372. The topological polar surface area (TPSA) is 129 Å². The zero-order valence-electron chi connectivity index (χ0n) is 31.5. The molecule has 4 aromatic rings. The average molecular weight is 748 g/mol. The first-order valence-corrected chi connectivity index (χ1v) is 21.8. The molecule has 3 aliphatic heterocycles. The molecule has 0 unspecified atom stereocenters. The molecule has 0 aliphatic carbocycles. The monoisotopic (exact) mass is 747 g/mol. The van der Waals surface area contributed by atoms with Gasteiger partial charge in [-0.3, -0.25) is 14.4 Å². The summed E-state index contributed by atoms with van der Waals surface area (Å²) in [6.07, 6.45) is -1.29. The summed E-state index contributed by atoms with van der Waals surface area (Å²) in [4.78, 5) is 46.0. The van der Waals surface area contributed by atoms with Gasteiger partial charge in [-0.1, -0.05) is 91.9 Å². The van der Waals surface area contributed by atoms with Crippen LogP contribution in [0.4, 0.5) is 11.4 Å². The van der Waals surface area contributed by atoms with Crippen molar-refractivity contribution < 1.29 is 34.1 Å². The first-order valence-electron chi connectivity index (χ1n) is 18.7. The third-order valence-corrected chi connectivity index (χ3v) is 16.3. The number of benzene rings is 4. The number of hydrogen-bond donors (Lipinski definition) is 3. The molecule has 11 heteroatoms. The summed E-state index contributed by atoms with van der Waals surface area (Å²) in [7, 11) is -0.941. The number of fused-ring (bicyclic) bond motifs is 3. The van der Waals surface area contributed by atoms with Crippen LogP contribution in [0.5, 0.6) is 5.75 Å². The minimum atomic E-state index is -2.58. The number of aliphatic hydroxyl groups is 2. The summed E-state index contributed by atoms with van der Waals surface area (Å²) >= 11 is 0. The SMILES string of the molecule is COc1ccc([Si](C)(C)[C@@H]2[C@@H](CC(=O)N3Cc4ccccc4C[C@H]3CO)O[C@]3(C(=O)N(Cc4ccccc4)c4ccc(NC(=O)[C@H](C)O)cc43)[C@H]2C)cc1. The first kappa shape index (κ1) is 37.5. The molecule has 0 bridgehead atoms. The highest BCUT2D eigenvalue weighted by atomic mass is 28.3. The number of methoxy groups -OCH3 is 1. The highest BCUT2D eigenvalue weighted by Crippen LogP contribution is 2.60. The van der Waals surface area contributed by atoms with Crippen molar-refractivity contribution in [3.63, 3.8) is 0 Å². The predicted octanol–water partition coefficient (Wildman–Crippen LogP) is 5.11. The van der Waals surface area contributed by atoms with Gasteiger partial charge < -0.3 is 34.8 Å². The highest BCUT2D eigenvalue weighted by molar-refractivity contribution is 6.91. The van der Waals surface area contributed by atoms with E-state index in [1.165, 1.54) is 6.92 Å². The third-order valence-electron chi connectivity index (χ3n) is 11.9. The fourth-order valence-electron chi connectivity index (χ4n) is 9.09. The zero-order chi connectivity index (χ0) is 38.4. The number of carbonyl (C=O) groups excluding carboxylic acids is 3. The number of hydrogen-bond acceptors (Lipinski definition) is 7. The Hall–Kier alpha value is -4.81. The van der Waals surface area contributed by atoms with Crippen molar-refractivity contribution in [3.8, 4) is 5.75 Å². The zero-order valence-corrected chi connectivity index (χ0v) is 32.5. The molecule has 7 rings (SSSR count). The maximum Gasteiger partial charge on any atom is 0.264 e. The van der Waals surface area contributed by atoms with Crippen LogP contribution >= 0.6 is 0 Å². The molecule has 1 spiro atoms. The number of ether oxygens (including phenoxy) is 2. The van der Waals surface area contributed by atoms with Gasteiger partial charge in [0.25, 0.3) is 11.8 Å². The summed E-state index contributed by atoms with van der Waals surface area (Å²) in [6, 6.07) is 30.8. The number of carbonyl (C=O) groups is 3. The molecule has 1 saturated heterocycles. The summed E-state index contributed by atoms with van der Waals surface area (Å²) in [5.74, 6) is -0.555. The molecule has 0 aromatic heterocycles. The molecule has 4 aromatic carbocycles. The molecule has 3 N–H and O–H groups in total. The van der Waals surface area contributed by atoms with Crippen LogP contribution in [-0.4, -0.2) is 72.9 Å². The molecule has 3 heterocycles. The van der Waals surface area contributed by atoms with E-state index in [1.807, 2.05) is 72.8 Å². The van der Waals surface area contributed by atoms with Gasteiger partial charge in [-0.05, 0) is 65.9 Å². The van der Waals surface area contributed by atoms with E-state index < -0.39 is 31.8 Å². The lowest BCUT2D eigenvalue weighted by molar-refractivity contribution is -0.151. The molecular weight excluding hydrogens is 699 g/mol. The summed E-state index contributed by atoms with van der Waals surface area (Å²) < 4.78 is 12.7. The quantitative estimate of drug-likeness (QED) is 0.193. The Bertz CT molecular complexity index is 2040. The molecule has 3 amide bonds. The van der Waals surface area contributed by atoms with Gasteiger partial charge in [-0.15, -0.1) is 0 Å². The van der Waals surface area contributed by atoms with Gasteiger partial charge >= 0.3 is 0 Å². The molecule has 0 saturated carbocycles. The minimum Gasteiger partial charge on any atom is -0.497 e. The van der Waals surface area contributed by atoms with E-state index in [4.69, 9.17) is 9.47 Å². The Morgan fingerprint density at radius 1 is 1.00 bits per heavy atom. The number of nitrogens with one attached hydrogen (secondary N) is 1. The predicted molar refractivity (Wildman–Crippen MR) is 210 cm³/mol. The van der Waals surface area contributed by atoms with Crippen molar-refractivity contribution in [2.24, 2.45) is 5.92 Å².